The second-order valence-corrected chi connectivity index (χ2v) is 3.52. The highest BCUT2D eigenvalue weighted by Crippen LogP contribution is 1.68. The Bertz CT molecular complexity index is 95.4. The largest absolute Gasteiger partial charge is 0.582 e. The summed E-state index contributed by atoms with van der Waals surface area (Å²) in [5.74, 6) is 0. The van der Waals surface area contributed by atoms with Crippen LogP contribution in [0.5, 0.6) is 0 Å². The molecule has 0 heterocycles. The zero-order valence-electron chi connectivity index (χ0n) is 2.92. The van der Waals surface area contributed by atoms with Gasteiger partial charge >= 0.3 is 0 Å². The first-order valence-corrected chi connectivity index (χ1v) is 4.14. The molecule has 0 atom stereocenters. The molecule has 0 rings (SSSR count). The molecule has 0 aliphatic rings. The molecule has 0 N–H and O–H groups in total. The van der Waals surface area contributed by atoms with Crippen LogP contribution in [-0.2, 0) is 34.9 Å². The molecule has 0 aliphatic heterocycles. The molecular formula is C2H3OS3-. The third-order valence-electron chi connectivity index (χ3n) is 0.147. The van der Waals surface area contributed by atoms with Gasteiger partial charge in [-0.2, -0.15) is 8.29 Å². The summed E-state index contributed by atoms with van der Waals surface area (Å²) in [6.45, 7) is 3.25. The molecule has 4 heteroatoms. The molecule has 1 nitrogen and oxygen atoms in total. The van der Waals surface area contributed by atoms with Crippen LogP contribution in [0, 0.1) is 0 Å². The van der Waals surface area contributed by atoms with Crippen LogP contribution in [0.15, 0.2) is 12.8 Å². The highest BCUT2D eigenvalue weighted by Gasteiger charge is 1.42. The molecular weight excluding hydrogens is 136 g/mol. The van der Waals surface area contributed by atoms with Gasteiger partial charge in [0.2, 0.25) is 0 Å². The van der Waals surface area contributed by atoms with Crippen molar-refractivity contribution in [2.45, 2.75) is 0 Å². The van der Waals surface area contributed by atoms with Crippen molar-refractivity contribution in [1.82, 2.24) is 0 Å². The van der Waals surface area contributed by atoms with Crippen LogP contribution in [0.4, 0.5) is 0 Å². The van der Waals surface area contributed by atoms with Gasteiger partial charge in [0.05, 0.1) is 6.26 Å². The lowest BCUT2D eigenvalue weighted by atomic mass is 11.2. The highest BCUT2D eigenvalue weighted by molar-refractivity contribution is 8.44. The Morgan fingerprint density at radius 1 is 1.67 bits per heavy atom. The van der Waals surface area contributed by atoms with Crippen molar-refractivity contribution >= 4 is 30.7 Å². The Morgan fingerprint density at radius 2 is 2.17 bits per heavy atom. The Balaban J connectivity index is 3.32. The van der Waals surface area contributed by atoms with E-state index in [4.69, 9.17) is 0 Å². The monoisotopic (exact) mass is 139 g/mol. The van der Waals surface area contributed by atoms with Crippen LogP contribution in [0.2, 0.25) is 0 Å². The summed E-state index contributed by atoms with van der Waals surface area (Å²) in [6.07, 6.45) is 1.25. The van der Waals surface area contributed by atoms with Crippen LogP contribution < -0.4 is 0 Å². The lowest BCUT2D eigenvalue weighted by Gasteiger charge is -1.97. The van der Waals surface area contributed by atoms with E-state index in [1.54, 1.807) is 0 Å². The van der Waals surface area contributed by atoms with E-state index in [0.29, 0.717) is 0 Å². The first-order chi connectivity index (χ1) is 2.77. The average molecular weight is 139 g/mol. The van der Waals surface area contributed by atoms with Gasteiger partial charge in [-0.1, -0.05) is 6.58 Å². The van der Waals surface area contributed by atoms with Crippen LogP contribution in [0.1, 0.15) is 0 Å². The van der Waals surface area contributed by atoms with Crippen molar-refractivity contribution in [3.8, 4) is 0 Å². The van der Waals surface area contributed by atoms with Gasteiger partial charge in [0, 0.05) is 0 Å². The Labute approximate surface area is 48.0 Å². The van der Waals surface area contributed by atoms with Crippen LogP contribution in [0.25, 0.3) is 0 Å². The lowest BCUT2D eigenvalue weighted by molar-refractivity contribution is 0.574. The van der Waals surface area contributed by atoms with Crippen LogP contribution in [0.3, 0.4) is 0 Å². The van der Waals surface area contributed by atoms with Crippen molar-refractivity contribution in [2.75, 3.05) is 0 Å². The zero-order chi connectivity index (χ0) is 4.99. The minimum atomic E-state index is -0.767. The Morgan fingerprint density at radius 3 is 2.17 bits per heavy atom. The van der Waals surface area contributed by atoms with Crippen molar-refractivity contribution in [1.29, 1.82) is 0 Å². The predicted octanol–water partition coefficient (Wildman–Crippen LogP) is 0.604. The third-order valence-corrected chi connectivity index (χ3v) is 0.911. The van der Waals surface area contributed by atoms with Gasteiger partial charge in [-0.3, -0.25) is 0 Å². The third kappa shape index (κ3) is 4.33. The Hall–Kier alpha value is 0.330. The molecule has 0 spiro atoms. The van der Waals surface area contributed by atoms with Crippen molar-refractivity contribution < 1.29 is 4.18 Å². The van der Waals surface area contributed by atoms with E-state index < -0.39 is 8.29 Å². The van der Waals surface area contributed by atoms with E-state index >= 15 is 0 Å². The van der Waals surface area contributed by atoms with E-state index in [2.05, 4.69) is 33.1 Å². The molecule has 36 valence electrons. The summed E-state index contributed by atoms with van der Waals surface area (Å²) in [5, 5.41) is 0. The standard InChI is InChI=1S/C2H3OS3/c1-2-3-6(4)5/h2H,1H2/q-1. The molecule has 0 unspecified atom stereocenters. The van der Waals surface area contributed by atoms with Crippen molar-refractivity contribution in [2.24, 2.45) is 0 Å². The molecule has 0 saturated carbocycles. The predicted molar refractivity (Wildman–Crippen MR) is 33.4 cm³/mol. The number of rotatable bonds is 2. The maximum absolute atomic E-state index is 4.46. The van der Waals surface area contributed by atoms with Gasteiger partial charge in [-0.05, 0) is 0 Å². The van der Waals surface area contributed by atoms with Gasteiger partial charge in [-0.15, -0.1) is 0 Å². The van der Waals surface area contributed by atoms with E-state index in [1.165, 1.54) is 6.26 Å². The molecule has 0 fully saturated rings. The molecule has 0 aromatic carbocycles. The summed E-state index contributed by atoms with van der Waals surface area (Å²) in [4.78, 5) is 0. The van der Waals surface area contributed by atoms with Gasteiger partial charge in [-0.25, -0.2) is 22.4 Å². The second kappa shape index (κ2) is 3.52. The summed E-state index contributed by atoms with van der Waals surface area (Å²) in [7, 11) is -0.767. The first-order valence-electron chi connectivity index (χ1n) is 1.14. The summed E-state index contributed by atoms with van der Waals surface area (Å²) >= 11 is 8.85. The van der Waals surface area contributed by atoms with Gasteiger partial charge < -0.3 is 4.18 Å². The molecule has 0 aliphatic carbocycles. The van der Waals surface area contributed by atoms with Crippen molar-refractivity contribution in [3.05, 3.63) is 12.8 Å². The normalized spacial score (nSPS) is 8.17. The molecule has 0 saturated heterocycles. The summed E-state index contributed by atoms with van der Waals surface area (Å²) in [5.41, 5.74) is 0. The molecule has 0 bridgehead atoms. The minimum absolute atomic E-state index is 0.767. The average Bonchev–Trinajstić information content (AvgIpc) is 1.35. The fraction of sp³-hybridized carbons (Fsp3) is 0. The van der Waals surface area contributed by atoms with E-state index in [0.717, 1.165) is 0 Å². The number of hydrogen-bond donors (Lipinski definition) is 0. The SMILES string of the molecule is C=CO[S-](=S)=S. The molecule has 6 heavy (non-hydrogen) atoms. The lowest BCUT2D eigenvalue weighted by Crippen LogP contribution is -1.66. The minimum Gasteiger partial charge on any atom is -0.582 e. The van der Waals surface area contributed by atoms with E-state index in [1.807, 2.05) is 0 Å². The van der Waals surface area contributed by atoms with Crippen LogP contribution in [-0.4, -0.2) is 0 Å². The van der Waals surface area contributed by atoms with Gasteiger partial charge in [0.1, 0.15) is 0 Å². The Kier molecular flexibility index (Phi) is 3.71. The smallest absolute Gasteiger partial charge is 0.0523 e. The van der Waals surface area contributed by atoms with Crippen LogP contribution >= 0.6 is 0 Å². The first kappa shape index (κ1) is 6.33. The summed E-state index contributed by atoms with van der Waals surface area (Å²) < 4.78 is 4.46. The second-order valence-electron chi connectivity index (χ2n) is 0.467. The fourth-order valence-electron chi connectivity index (χ4n) is 0.0556. The van der Waals surface area contributed by atoms with Gasteiger partial charge in [0.25, 0.3) is 0 Å². The summed E-state index contributed by atoms with van der Waals surface area (Å²) in [6, 6.07) is 0. The quantitative estimate of drug-likeness (QED) is 0.409. The van der Waals surface area contributed by atoms with E-state index in [-0.39, 0.29) is 0 Å². The molecule has 0 amide bonds. The maximum Gasteiger partial charge on any atom is 0.0523 e. The van der Waals surface area contributed by atoms with Gasteiger partial charge in [0.15, 0.2) is 0 Å². The topological polar surface area (TPSA) is 9.23 Å². The molecule has 0 radical (unpaired) electrons. The zero-order valence-corrected chi connectivity index (χ0v) is 5.37. The van der Waals surface area contributed by atoms with Crippen molar-refractivity contribution in [3.63, 3.8) is 0 Å². The molecule has 0 aromatic heterocycles. The molecule has 0 aromatic rings. The highest BCUT2D eigenvalue weighted by atomic mass is 33.1. The maximum atomic E-state index is 4.46. The fourth-order valence-corrected chi connectivity index (χ4v) is 0.500. The van der Waals surface area contributed by atoms with E-state index in [9.17, 15) is 0 Å². The number of hydrogen-bond acceptors (Lipinski definition) is 4.